The Kier molecular flexibility index (Phi) is 4.54. The summed E-state index contributed by atoms with van der Waals surface area (Å²) >= 11 is 0. The molecule has 2 aromatic rings. The van der Waals surface area contributed by atoms with Crippen molar-refractivity contribution in [1.82, 2.24) is 9.47 Å². The minimum absolute atomic E-state index is 0.0654. The van der Waals surface area contributed by atoms with Gasteiger partial charge in [0.1, 0.15) is 0 Å². The van der Waals surface area contributed by atoms with Crippen LogP contribution in [0.2, 0.25) is 0 Å². The molecule has 0 atom stereocenters. The van der Waals surface area contributed by atoms with E-state index in [4.69, 9.17) is 0 Å². The van der Waals surface area contributed by atoms with Crippen LogP contribution in [0.1, 0.15) is 26.7 Å². The summed E-state index contributed by atoms with van der Waals surface area (Å²) in [6, 6.07) is 7.97. The lowest BCUT2D eigenvalue weighted by molar-refractivity contribution is 0.168. The summed E-state index contributed by atoms with van der Waals surface area (Å²) in [4.78, 5) is 14.0. The maximum Gasteiger partial charge on any atom is 0.321 e. The lowest BCUT2D eigenvalue weighted by Gasteiger charge is -2.22. The van der Waals surface area contributed by atoms with Gasteiger partial charge in [-0.15, -0.1) is 0 Å². The minimum atomic E-state index is -0.129. The average Bonchev–Trinajstić information content (AvgIpc) is 3.21. The van der Waals surface area contributed by atoms with Crippen molar-refractivity contribution < 1.29 is 9.90 Å². The summed E-state index contributed by atoms with van der Waals surface area (Å²) in [5.74, 6) is 0.592. The molecule has 0 spiro atoms. The predicted octanol–water partition coefficient (Wildman–Crippen LogP) is 3.53. The van der Waals surface area contributed by atoms with E-state index in [9.17, 15) is 9.90 Å². The molecule has 0 unspecified atom stereocenters. The molecule has 2 amide bonds. The van der Waals surface area contributed by atoms with Gasteiger partial charge in [0.05, 0.1) is 6.61 Å². The molecule has 3 rings (SSSR count). The van der Waals surface area contributed by atoms with E-state index in [-0.39, 0.29) is 18.1 Å². The third kappa shape index (κ3) is 3.56. The molecule has 1 aliphatic carbocycles. The molecule has 1 saturated carbocycles. The largest absolute Gasteiger partial charge is 0.396 e. The second kappa shape index (κ2) is 6.48. The van der Waals surface area contributed by atoms with Crippen LogP contribution in [-0.2, 0) is 6.54 Å². The zero-order chi connectivity index (χ0) is 17.3. The van der Waals surface area contributed by atoms with E-state index < -0.39 is 0 Å². The lowest BCUT2D eigenvalue weighted by atomic mass is 10.1. The number of rotatable bonds is 6. The highest BCUT2D eigenvalue weighted by atomic mass is 16.3. The molecule has 0 bridgehead atoms. The van der Waals surface area contributed by atoms with Crippen molar-refractivity contribution in [3.63, 3.8) is 0 Å². The van der Waals surface area contributed by atoms with E-state index in [2.05, 4.69) is 42.1 Å². The van der Waals surface area contributed by atoms with E-state index in [1.165, 1.54) is 5.52 Å². The van der Waals surface area contributed by atoms with Crippen LogP contribution in [0.4, 0.5) is 10.5 Å². The number of hydrogen-bond donors (Lipinski definition) is 2. The van der Waals surface area contributed by atoms with Gasteiger partial charge in [-0.3, -0.25) is 0 Å². The van der Waals surface area contributed by atoms with Crippen LogP contribution < -0.4 is 5.32 Å². The minimum Gasteiger partial charge on any atom is -0.396 e. The summed E-state index contributed by atoms with van der Waals surface area (Å²) in [5, 5.41) is 13.5. The molecule has 2 N–H and O–H groups in total. The standard InChI is InChI=1S/C19H27N3O2/c1-14(2)11-22-9-6-15-10-16(4-5-17(15)22)20-18(24)21(3)12-19(13-23)7-8-19/h4-6,9-10,14,23H,7-8,11-13H2,1-3H3,(H,20,24). The van der Waals surface area contributed by atoms with Crippen molar-refractivity contribution in [3.8, 4) is 0 Å². The Morgan fingerprint density at radius 2 is 2.12 bits per heavy atom. The van der Waals surface area contributed by atoms with Crippen LogP contribution in [-0.4, -0.2) is 40.8 Å². The molecule has 0 saturated heterocycles. The first kappa shape index (κ1) is 16.8. The second-order valence-electron chi connectivity index (χ2n) is 7.58. The normalized spacial score (nSPS) is 15.7. The maximum absolute atomic E-state index is 12.3. The van der Waals surface area contributed by atoms with Gasteiger partial charge in [0.25, 0.3) is 0 Å². The second-order valence-corrected chi connectivity index (χ2v) is 7.58. The van der Waals surface area contributed by atoms with Gasteiger partial charge in [-0.2, -0.15) is 0 Å². The molecule has 1 heterocycles. The number of nitrogens with zero attached hydrogens (tertiary/aromatic N) is 2. The monoisotopic (exact) mass is 329 g/mol. The number of aliphatic hydroxyl groups excluding tert-OH is 1. The Labute approximate surface area is 143 Å². The highest BCUT2D eigenvalue weighted by molar-refractivity contribution is 5.92. The van der Waals surface area contributed by atoms with Crippen molar-refractivity contribution in [1.29, 1.82) is 0 Å². The van der Waals surface area contributed by atoms with Crippen molar-refractivity contribution in [3.05, 3.63) is 30.5 Å². The number of benzene rings is 1. The summed E-state index contributed by atoms with van der Waals surface area (Å²) in [7, 11) is 1.78. The molecule has 0 aliphatic heterocycles. The topological polar surface area (TPSA) is 57.5 Å². The van der Waals surface area contributed by atoms with Gasteiger partial charge in [0.2, 0.25) is 0 Å². The Morgan fingerprint density at radius 3 is 2.75 bits per heavy atom. The van der Waals surface area contributed by atoms with Crippen LogP contribution in [0.5, 0.6) is 0 Å². The number of urea groups is 1. The smallest absolute Gasteiger partial charge is 0.321 e. The summed E-state index contributed by atoms with van der Waals surface area (Å²) in [6.07, 6.45) is 4.09. The van der Waals surface area contributed by atoms with Gasteiger partial charge in [-0.05, 0) is 43.0 Å². The zero-order valence-corrected chi connectivity index (χ0v) is 14.7. The third-order valence-electron chi connectivity index (χ3n) is 4.80. The van der Waals surface area contributed by atoms with Crippen molar-refractivity contribution >= 4 is 22.6 Å². The number of aliphatic hydroxyl groups is 1. The first-order valence-corrected chi connectivity index (χ1v) is 8.64. The molecule has 130 valence electrons. The summed E-state index contributed by atoms with van der Waals surface area (Å²) < 4.78 is 2.25. The molecular weight excluding hydrogens is 302 g/mol. The number of carbonyl (C=O) groups excluding carboxylic acids is 1. The molecule has 1 aromatic heterocycles. The first-order valence-electron chi connectivity index (χ1n) is 8.64. The number of hydrogen-bond acceptors (Lipinski definition) is 2. The fourth-order valence-electron chi connectivity index (χ4n) is 3.17. The number of amides is 2. The summed E-state index contributed by atoms with van der Waals surface area (Å²) in [6.45, 7) is 6.15. The van der Waals surface area contributed by atoms with Crippen LogP contribution in [0.3, 0.4) is 0 Å². The molecule has 1 aromatic carbocycles. The zero-order valence-electron chi connectivity index (χ0n) is 14.7. The van der Waals surface area contributed by atoms with Crippen molar-refractivity contribution in [2.75, 3.05) is 25.5 Å². The fourth-order valence-corrected chi connectivity index (χ4v) is 3.17. The Bertz CT molecular complexity index is 731. The number of carbonyl (C=O) groups is 1. The fraction of sp³-hybridized carbons (Fsp3) is 0.526. The van der Waals surface area contributed by atoms with Gasteiger partial charge in [0, 0.05) is 48.3 Å². The molecule has 24 heavy (non-hydrogen) atoms. The molecule has 5 nitrogen and oxygen atoms in total. The third-order valence-corrected chi connectivity index (χ3v) is 4.80. The molecular formula is C19H27N3O2. The lowest BCUT2D eigenvalue weighted by Crippen LogP contribution is -2.37. The quantitative estimate of drug-likeness (QED) is 0.852. The van der Waals surface area contributed by atoms with Crippen LogP contribution in [0.15, 0.2) is 30.5 Å². The van der Waals surface area contributed by atoms with Crippen LogP contribution >= 0.6 is 0 Å². The number of aromatic nitrogens is 1. The van der Waals surface area contributed by atoms with E-state index in [1.807, 2.05) is 12.1 Å². The van der Waals surface area contributed by atoms with Gasteiger partial charge in [0.15, 0.2) is 0 Å². The van der Waals surface area contributed by atoms with E-state index in [0.29, 0.717) is 12.5 Å². The van der Waals surface area contributed by atoms with E-state index in [1.54, 1.807) is 11.9 Å². The number of fused-ring (bicyclic) bond motifs is 1. The highest BCUT2D eigenvalue weighted by Crippen LogP contribution is 2.45. The molecule has 0 radical (unpaired) electrons. The Morgan fingerprint density at radius 1 is 1.38 bits per heavy atom. The number of anilines is 1. The van der Waals surface area contributed by atoms with Gasteiger partial charge < -0.3 is 19.9 Å². The molecule has 1 fully saturated rings. The average molecular weight is 329 g/mol. The SMILES string of the molecule is CC(C)Cn1ccc2cc(NC(=O)N(C)CC3(CO)CC3)ccc21. The van der Waals surface area contributed by atoms with Gasteiger partial charge in [-0.1, -0.05) is 13.8 Å². The van der Waals surface area contributed by atoms with Gasteiger partial charge in [-0.25, -0.2) is 4.79 Å². The van der Waals surface area contributed by atoms with Crippen molar-refractivity contribution in [2.24, 2.45) is 11.3 Å². The molecule has 1 aliphatic rings. The maximum atomic E-state index is 12.3. The first-order chi connectivity index (χ1) is 11.4. The predicted molar refractivity (Wildman–Crippen MR) is 97.2 cm³/mol. The van der Waals surface area contributed by atoms with E-state index in [0.717, 1.165) is 30.5 Å². The van der Waals surface area contributed by atoms with E-state index >= 15 is 0 Å². The van der Waals surface area contributed by atoms with Crippen LogP contribution in [0.25, 0.3) is 10.9 Å². The summed E-state index contributed by atoms with van der Waals surface area (Å²) in [5.41, 5.74) is 1.92. The Balaban J connectivity index is 1.67. The van der Waals surface area contributed by atoms with Crippen LogP contribution in [0, 0.1) is 11.3 Å². The highest BCUT2D eigenvalue weighted by Gasteiger charge is 2.43. The van der Waals surface area contributed by atoms with Crippen molar-refractivity contribution in [2.45, 2.75) is 33.2 Å². The number of nitrogens with one attached hydrogen (secondary N) is 1. The van der Waals surface area contributed by atoms with Gasteiger partial charge >= 0.3 is 6.03 Å². The molecule has 5 heteroatoms. The Hall–Kier alpha value is -2.01.